The van der Waals surface area contributed by atoms with Gasteiger partial charge in [-0.1, -0.05) is 41.7 Å². The highest BCUT2D eigenvalue weighted by atomic mass is 32.2. The first-order valence-corrected chi connectivity index (χ1v) is 9.20. The van der Waals surface area contributed by atoms with Crippen LogP contribution in [0, 0.1) is 6.92 Å². The highest BCUT2D eigenvalue weighted by Crippen LogP contribution is 2.34. The number of phenols is 2. The van der Waals surface area contributed by atoms with Crippen molar-refractivity contribution >= 4 is 51.9 Å². The van der Waals surface area contributed by atoms with E-state index in [4.69, 9.17) is 12.2 Å². The zero-order chi connectivity index (χ0) is 19.6. The number of aryl methyl sites for hydroxylation is 1. The minimum Gasteiger partial charge on any atom is -0.508 e. The maximum Gasteiger partial charge on any atom is 0.266 e. The van der Waals surface area contributed by atoms with Gasteiger partial charge in [-0.15, -0.1) is 0 Å². The summed E-state index contributed by atoms with van der Waals surface area (Å²) in [5, 5.41) is 21.9. The van der Waals surface area contributed by atoms with E-state index in [1.54, 1.807) is 12.1 Å². The zero-order valence-corrected chi connectivity index (χ0v) is 15.9. The number of thioether (sulfide) groups is 1. The maximum atomic E-state index is 12.6. The third-order valence-corrected chi connectivity index (χ3v) is 5.19. The first-order chi connectivity index (χ1) is 12.8. The van der Waals surface area contributed by atoms with Crippen LogP contribution in [0.15, 0.2) is 47.4 Å². The number of nitrogens with zero attached hydrogens (tertiary/aromatic N) is 1. The minimum atomic E-state index is -0.406. The van der Waals surface area contributed by atoms with Crippen molar-refractivity contribution in [1.29, 1.82) is 0 Å². The number of thiocarbonyl (C=S) groups is 1. The Balaban J connectivity index is 1.71. The van der Waals surface area contributed by atoms with Gasteiger partial charge >= 0.3 is 0 Å². The van der Waals surface area contributed by atoms with Gasteiger partial charge in [0.2, 0.25) is 5.91 Å². The van der Waals surface area contributed by atoms with Crippen LogP contribution in [0.3, 0.4) is 0 Å². The first-order valence-electron chi connectivity index (χ1n) is 7.97. The lowest BCUT2D eigenvalue weighted by Gasteiger charge is -2.14. The summed E-state index contributed by atoms with van der Waals surface area (Å²) in [6, 6.07) is 11.4. The van der Waals surface area contributed by atoms with Gasteiger partial charge in [-0.25, -0.2) is 0 Å². The summed E-state index contributed by atoms with van der Waals surface area (Å²) < 4.78 is 0.267. The number of nitrogens with one attached hydrogen (secondary N) is 1. The Morgan fingerprint density at radius 3 is 2.59 bits per heavy atom. The number of anilines is 1. The van der Waals surface area contributed by atoms with Crippen LogP contribution in [0.25, 0.3) is 6.08 Å². The second-order valence-corrected chi connectivity index (χ2v) is 7.60. The molecule has 2 aromatic rings. The third kappa shape index (κ3) is 4.47. The van der Waals surface area contributed by atoms with Gasteiger partial charge in [0.25, 0.3) is 5.91 Å². The molecule has 2 amide bonds. The maximum absolute atomic E-state index is 12.6. The van der Waals surface area contributed by atoms with E-state index in [9.17, 15) is 19.8 Å². The summed E-state index contributed by atoms with van der Waals surface area (Å²) >= 11 is 6.26. The van der Waals surface area contributed by atoms with Crippen molar-refractivity contribution in [3.8, 4) is 11.5 Å². The number of carbonyl (C=O) groups excluding carboxylic acids is 2. The van der Waals surface area contributed by atoms with Gasteiger partial charge in [-0.2, -0.15) is 0 Å². The Kier molecular flexibility index (Phi) is 5.48. The Bertz CT molecular complexity index is 955. The smallest absolute Gasteiger partial charge is 0.266 e. The van der Waals surface area contributed by atoms with Crippen LogP contribution in [0.1, 0.15) is 11.1 Å². The molecule has 1 fully saturated rings. The molecule has 1 saturated heterocycles. The first kappa shape index (κ1) is 18.9. The minimum absolute atomic E-state index is 0.0787. The molecule has 2 aromatic carbocycles. The molecule has 8 heteroatoms. The quantitative estimate of drug-likeness (QED) is 0.539. The molecule has 6 nitrogen and oxygen atoms in total. The fourth-order valence-electron chi connectivity index (χ4n) is 2.41. The molecule has 0 bridgehead atoms. The molecule has 0 saturated carbocycles. The van der Waals surface area contributed by atoms with Crippen molar-refractivity contribution in [1.82, 2.24) is 4.90 Å². The van der Waals surface area contributed by atoms with E-state index in [1.165, 1.54) is 29.2 Å². The Morgan fingerprint density at radius 2 is 1.93 bits per heavy atom. The van der Waals surface area contributed by atoms with Crippen LogP contribution < -0.4 is 5.32 Å². The molecule has 1 aliphatic rings. The Labute approximate surface area is 165 Å². The largest absolute Gasteiger partial charge is 0.508 e. The molecule has 27 heavy (non-hydrogen) atoms. The van der Waals surface area contributed by atoms with Crippen LogP contribution in [0.2, 0.25) is 0 Å². The van der Waals surface area contributed by atoms with Gasteiger partial charge in [0.1, 0.15) is 22.4 Å². The van der Waals surface area contributed by atoms with Crippen molar-refractivity contribution in [2.45, 2.75) is 6.92 Å². The van der Waals surface area contributed by atoms with Crippen molar-refractivity contribution in [3.05, 3.63) is 58.5 Å². The van der Waals surface area contributed by atoms with E-state index < -0.39 is 5.91 Å². The number of phenolic OH excluding ortho intramolecular Hbond substituents is 2. The number of hydrogen-bond donors (Lipinski definition) is 3. The van der Waals surface area contributed by atoms with Crippen LogP contribution in [0.5, 0.6) is 11.5 Å². The van der Waals surface area contributed by atoms with Gasteiger partial charge in [0.15, 0.2) is 0 Å². The van der Waals surface area contributed by atoms with Crippen molar-refractivity contribution in [2.75, 3.05) is 11.9 Å². The van der Waals surface area contributed by atoms with Gasteiger partial charge < -0.3 is 15.5 Å². The number of carbonyl (C=O) groups is 2. The number of hydrogen-bond acceptors (Lipinski definition) is 6. The van der Waals surface area contributed by atoms with E-state index in [1.807, 2.05) is 19.1 Å². The highest BCUT2D eigenvalue weighted by Gasteiger charge is 2.33. The second-order valence-electron chi connectivity index (χ2n) is 5.93. The molecule has 0 aromatic heterocycles. The number of benzene rings is 2. The van der Waals surface area contributed by atoms with Crippen LogP contribution in [0.4, 0.5) is 5.69 Å². The molecule has 138 valence electrons. The zero-order valence-electron chi connectivity index (χ0n) is 14.3. The molecule has 1 heterocycles. The number of aromatic hydroxyl groups is 2. The van der Waals surface area contributed by atoms with Gasteiger partial charge in [-0.3, -0.25) is 14.5 Å². The molecular formula is C19H16N2O4S2. The van der Waals surface area contributed by atoms with Gasteiger partial charge in [-0.05, 0) is 37.3 Å². The standard InChI is InChI=1S/C19H16N2O4S2/c1-11-2-5-13(6-3-11)20-17(24)10-21-18(25)16(27-19(21)26)8-12-4-7-14(22)9-15(12)23/h2-9,22-23H,10H2,1H3,(H,20,24)/b16-8-. The average molecular weight is 400 g/mol. The lowest BCUT2D eigenvalue weighted by atomic mass is 10.1. The SMILES string of the molecule is Cc1ccc(NC(=O)CN2C(=O)/C(=C/c3ccc(O)cc3O)SC2=S)cc1. The summed E-state index contributed by atoms with van der Waals surface area (Å²) in [7, 11) is 0. The fraction of sp³-hybridized carbons (Fsp3) is 0.105. The van der Waals surface area contributed by atoms with Crippen molar-refractivity contribution < 1.29 is 19.8 Å². The van der Waals surface area contributed by atoms with Gasteiger partial charge in [0.05, 0.1) is 4.91 Å². The highest BCUT2D eigenvalue weighted by molar-refractivity contribution is 8.26. The lowest BCUT2D eigenvalue weighted by molar-refractivity contribution is -0.126. The molecule has 0 atom stereocenters. The summed E-state index contributed by atoms with van der Waals surface area (Å²) in [6.07, 6.45) is 1.48. The van der Waals surface area contributed by atoms with E-state index in [0.29, 0.717) is 16.2 Å². The van der Waals surface area contributed by atoms with E-state index in [-0.39, 0.29) is 28.3 Å². The predicted molar refractivity (Wildman–Crippen MR) is 109 cm³/mol. The predicted octanol–water partition coefficient (Wildman–Crippen LogP) is 3.25. The molecule has 1 aliphatic heterocycles. The molecule has 3 N–H and O–H groups in total. The van der Waals surface area contributed by atoms with Crippen molar-refractivity contribution in [3.63, 3.8) is 0 Å². The molecule has 0 radical (unpaired) electrons. The van der Waals surface area contributed by atoms with Crippen LogP contribution in [-0.4, -0.2) is 37.8 Å². The van der Waals surface area contributed by atoms with Gasteiger partial charge in [0, 0.05) is 17.3 Å². The second kappa shape index (κ2) is 7.81. The fourth-order valence-corrected chi connectivity index (χ4v) is 3.66. The molecule has 0 aliphatic carbocycles. The Hall–Kier alpha value is -2.84. The third-order valence-electron chi connectivity index (χ3n) is 3.81. The summed E-state index contributed by atoms with van der Waals surface area (Å²) in [4.78, 5) is 26.3. The van der Waals surface area contributed by atoms with E-state index >= 15 is 0 Å². The summed E-state index contributed by atoms with van der Waals surface area (Å²) in [6.45, 7) is 1.75. The molecule has 3 rings (SSSR count). The topological polar surface area (TPSA) is 89.9 Å². The molecule has 0 spiro atoms. The van der Waals surface area contributed by atoms with Crippen LogP contribution >= 0.6 is 24.0 Å². The monoisotopic (exact) mass is 400 g/mol. The van der Waals surface area contributed by atoms with Crippen LogP contribution in [-0.2, 0) is 9.59 Å². The van der Waals surface area contributed by atoms with E-state index in [2.05, 4.69) is 5.32 Å². The number of amides is 2. The normalized spacial score (nSPS) is 15.4. The van der Waals surface area contributed by atoms with E-state index in [0.717, 1.165) is 17.3 Å². The summed E-state index contributed by atoms with van der Waals surface area (Å²) in [5.41, 5.74) is 2.09. The molecule has 0 unspecified atom stereocenters. The summed E-state index contributed by atoms with van der Waals surface area (Å²) in [5.74, 6) is -0.997. The average Bonchev–Trinajstić information content (AvgIpc) is 2.87. The molecular weight excluding hydrogens is 384 g/mol. The Morgan fingerprint density at radius 1 is 1.22 bits per heavy atom. The lowest BCUT2D eigenvalue weighted by Crippen LogP contribution is -2.36. The number of rotatable bonds is 4. The van der Waals surface area contributed by atoms with Crippen molar-refractivity contribution in [2.24, 2.45) is 0 Å².